The molecule has 1 amide bonds. The Bertz CT molecular complexity index is 991. The Morgan fingerprint density at radius 1 is 0.857 bits per heavy atom. The molecule has 0 bridgehead atoms. The van der Waals surface area contributed by atoms with Crippen LogP contribution in [0.15, 0.2) is 83.5 Å². The molecule has 0 unspecified atom stereocenters. The summed E-state index contributed by atoms with van der Waals surface area (Å²) in [5.74, 6) is 1.32. The number of nitrogens with zero attached hydrogens (tertiary/aromatic N) is 3. The number of nitrogens with one attached hydrogen (secondary N) is 1. The van der Waals surface area contributed by atoms with Gasteiger partial charge in [0.05, 0.1) is 0 Å². The quantitative estimate of drug-likeness (QED) is 0.545. The SMILES string of the molecule is O=C(CCc1nc(-c2ccccc2)c(-c2ccccc2)o1)Nc1ncccn1. The lowest BCUT2D eigenvalue weighted by atomic mass is 10.1. The summed E-state index contributed by atoms with van der Waals surface area (Å²) < 4.78 is 6.03. The van der Waals surface area contributed by atoms with Gasteiger partial charge in [0.1, 0.15) is 5.69 Å². The lowest BCUT2D eigenvalue weighted by Gasteiger charge is -2.01. The number of rotatable bonds is 6. The van der Waals surface area contributed by atoms with Gasteiger partial charge in [-0.1, -0.05) is 60.7 Å². The zero-order valence-corrected chi connectivity index (χ0v) is 15.1. The third kappa shape index (κ3) is 4.12. The first-order valence-electron chi connectivity index (χ1n) is 8.97. The molecule has 0 aliphatic carbocycles. The van der Waals surface area contributed by atoms with Crippen molar-refractivity contribution < 1.29 is 9.21 Å². The number of aromatic nitrogens is 3. The van der Waals surface area contributed by atoms with Crippen molar-refractivity contribution in [3.63, 3.8) is 0 Å². The summed E-state index contributed by atoms with van der Waals surface area (Å²) in [6.45, 7) is 0. The van der Waals surface area contributed by atoms with Crippen LogP contribution in [0.3, 0.4) is 0 Å². The maximum atomic E-state index is 12.2. The summed E-state index contributed by atoms with van der Waals surface area (Å²) in [6.07, 6.45) is 3.76. The van der Waals surface area contributed by atoms with Crippen LogP contribution >= 0.6 is 0 Å². The van der Waals surface area contributed by atoms with Crippen LogP contribution in [0.2, 0.25) is 0 Å². The molecular weight excluding hydrogens is 352 g/mol. The molecular formula is C22H18N4O2. The molecule has 2 aromatic heterocycles. The van der Waals surface area contributed by atoms with Crippen molar-refractivity contribution in [2.75, 3.05) is 5.32 Å². The maximum Gasteiger partial charge on any atom is 0.229 e. The van der Waals surface area contributed by atoms with Gasteiger partial charge in [-0.3, -0.25) is 10.1 Å². The van der Waals surface area contributed by atoms with E-state index in [1.54, 1.807) is 18.5 Å². The molecule has 28 heavy (non-hydrogen) atoms. The predicted molar refractivity (Wildman–Crippen MR) is 106 cm³/mol. The molecule has 0 fully saturated rings. The fourth-order valence-electron chi connectivity index (χ4n) is 2.82. The van der Waals surface area contributed by atoms with Gasteiger partial charge in [-0.25, -0.2) is 15.0 Å². The molecule has 0 aliphatic rings. The minimum absolute atomic E-state index is 0.188. The minimum Gasteiger partial charge on any atom is -0.440 e. The summed E-state index contributed by atoms with van der Waals surface area (Å²) in [5, 5.41) is 2.67. The van der Waals surface area contributed by atoms with Crippen molar-refractivity contribution in [1.29, 1.82) is 0 Å². The summed E-state index contributed by atoms with van der Waals surface area (Å²) in [5.41, 5.74) is 2.69. The van der Waals surface area contributed by atoms with Crippen molar-refractivity contribution in [2.45, 2.75) is 12.8 Å². The second-order valence-corrected chi connectivity index (χ2v) is 6.14. The molecule has 4 rings (SSSR count). The summed E-state index contributed by atoms with van der Waals surface area (Å²) in [6, 6.07) is 21.4. The van der Waals surface area contributed by atoms with Crippen LogP contribution < -0.4 is 5.32 Å². The zero-order chi connectivity index (χ0) is 19.2. The van der Waals surface area contributed by atoms with E-state index in [0.717, 1.165) is 16.8 Å². The Hall–Kier alpha value is -3.80. The molecule has 0 atom stereocenters. The summed E-state index contributed by atoms with van der Waals surface area (Å²) >= 11 is 0. The molecule has 4 aromatic rings. The smallest absolute Gasteiger partial charge is 0.229 e. The maximum absolute atomic E-state index is 12.2. The Kier molecular flexibility index (Phi) is 5.20. The van der Waals surface area contributed by atoms with Crippen molar-refractivity contribution in [3.05, 3.63) is 85.0 Å². The van der Waals surface area contributed by atoms with Crippen LogP contribution in [0.5, 0.6) is 0 Å². The second kappa shape index (κ2) is 8.26. The van der Waals surface area contributed by atoms with Gasteiger partial charge in [0.25, 0.3) is 0 Å². The van der Waals surface area contributed by atoms with E-state index >= 15 is 0 Å². The zero-order valence-electron chi connectivity index (χ0n) is 15.1. The highest BCUT2D eigenvalue weighted by Crippen LogP contribution is 2.32. The van der Waals surface area contributed by atoms with E-state index in [9.17, 15) is 4.79 Å². The molecule has 6 heteroatoms. The summed E-state index contributed by atoms with van der Waals surface area (Å²) in [4.78, 5) is 24.8. The highest BCUT2D eigenvalue weighted by atomic mass is 16.4. The number of amides is 1. The van der Waals surface area contributed by atoms with Gasteiger partial charge in [0.15, 0.2) is 11.7 Å². The number of carbonyl (C=O) groups is 1. The van der Waals surface area contributed by atoms with Crippen LogP contribution in [0.25, 0.3) is 22.6 Å². The third-order valence-corrected chi connectivity index (χ3v) is 4.14. The Morgan fingerprint density at radius 2 is 1.50 bits per heavy atom. The molecule has 0 radical (unpaired) electrons. The van der Waals surface area contributed by atoms with Gasteiger partial charge in [-0.2, -0.15) is 0 Å². The highest BCUT2D eigenvalue weighted by Gasteiger charge is 2.17. The lowest BCUT2D eigenvalue weighted by molar-refractivity contribution is -0.116. The first-order chi connectivity index (χ1) is 13.8. The number of oxazole rings is 1. The van der Waals surface area contributed by atoms with Crippen LogP contribution in [0.4, 0.5) is 5.95 Å². The molecule has 6 nitrogen and oxygen atoms in total. The molecule has 2 aromatic carbocycles. The molecule has 1 N–H and O–H groups in total. The molecule has 0 aliphatic heterocycles. The number of benzene rings is 2. The number of hydrogen-bond acceptors (Lipinski definition) is 5. The number of anilines is 1. The third-order valence-electron chi connectivity index (χ3n) is 4.14. The largest absolute Gasteiger partial charge is 0.440 e. The van der Waals surface area contributed by atoms with Crippen LogP contribution in [-0.4, -0.2) is 20.9 Å². The van der Waals surface area contributed by atoms with Gasteiger partial charge >= 0.3 is 0 Å². The fraction of sp³-hybridized carbons (Fsp3) is 0.0909. The normalized spacial score (nSPS) is 10.6. The second-order valence-electron chi connectivity index (χ2n) is 6.14. The van der Waals surface area contributed by atoms with Crippen LogP contribution in [0.1, 0.15) is 12.3 Å². The Morgan fingerprint density at radius 3 is 2.18 bits per heavy atom. The van der Waals surface area contributed by atoms with E-state index in [2.05, 4.69) is 20.3 Å². The Balaban J connectivity index is 1.55. The molecule has 0 saturated carbocycles. The van der Waals surface area contributed by atoms with E-state index < -0.39 is 0 Å². The molecule has 0 saturated heterocycles. The monoisotopic (exact) mass is 370 g/mol. The van der Waals surface area contributed by atoms with Crippen LogP contribution in [0, 0.1) is 0 Å². The topological polar surface area (TPSA) is 80.9 Å². The van der Waals surface area contributed by atoms with Crippen molar-refractivity contribution in [3.8, 4) is 22.6 Å². The predicted octanol–water partition coefficient (Wildman–Crippen LogP) is 4.37. The van der Waals surface area contributed by atoms with Gasteiger partial charge in [-0.05, 0) is 6.07 Å². The van der Waals surface area contributed by atoms with E-state index in [0.29, 0.717) is 18.1 Å². The average Bonchev–Trinajstić information content (AvgIpc) is 3.19. The highest BCUT2D eigenvalue weighted by molar-refractivity contribution is 5.89. The van der Waals surface area contributed by atoms with Crippen LogP contribution in [-0.2, 0) is 11.2 Å². The van der Waals surface area contributed by atoms with Gasteiger partial charge < -0.3 is 4.42 Å². The number of hydrogen-bond donors (Lipinski definition) is 1. The summed E-state index contributed by atoms with van der Waals surface area (Å²) in [7, 11) is 0. The van der Waals surface area contributed by atoms with Crippen molar-refractivity contribution >= 4 is 11.9 Å². The van der Waals surface area contributed by atoms with E-state index in [-0.39, 0.29) is 18.3 Å². The van der Waals surface area contributed by atoms with Gasteiger partial charge in [0.2, 0.25) is 11.9 Å². The van der Waals surface area contributed by atoms with Crippen molar-refractivity contribution in [1.82, 2.24) is 15.0 Å². The molecule has 138 valence electrons. The Labute approximate surface area is 162 Å². The molecule has 0 spiro atoms. The van der Waals surface area contributed by atoms with Crippen molar-refractivity contribution in [2.24, 2.45) is 0 Å². The van der Waals surface area contributed by atoms with E-state index in [1.165, 1.54) is 0 Å². The first kappa shape index (κ1) is 17.6. The minimum atomic E-state index is -0.188. The van der Waals surface area contributed by atoms with Gasteiger partial charge in [0, 0.05) is 36.4 Å². The standard InChI is InChI=1S/C22H18N4O2/c27-18(25-22-23-14-7-15-24-22)12-13-19-26-20(16-8-3-1-4-9-16)21(28-19)17-10-5-2-6-11-17/h1-11,14-15H,12-13H2,(H,23,24,25,27). The van der Waals surface area contributed by atoms with E-state index in [4.69, 9.17) is 4.42 Å². The first-order valence-corrected chi connectivity index (χ1v) is 8.97. The average molecular weight is 370 g/mol. The van der Waals surface area contributed by atoms with E-state index in [1.807, 2.05) is 60.7 Å². The lowest BCUT2D eigenvalue weighted by Crippen LogP contribution is -2.14. The van der Waals surface area contributed by atoms with Gasteiger partial charge in [-0.15, -0.1) is 0 Å². The molecule has 2 heterocycles. The number of carbonyl (C=O) groups excluding carboxylic acids is 1. The fourth-order valence-corrected chi connectivity index (χ4v) is 2.82. The number of aryl methyl sites for hydroxylation is 1.